The Morgan fingerprint density at radius 1 is 1.62 bits per heavy atom. The van der Waals surface area contributed by atoms with Crippen LogP contribution in [-0.4, -0.2) is 11.1 Å². The van der Waals surface area contributed by atoms with Gasteiger partial charge in [0.2, 0.25) is 0 Å². The Hall–Kier alpha value is -0.610. The van der Waals surface area contributed by atoms with E-state index in [0.29, 0.717) is 0 Å². The molecule has 0 spiro atoms. The van der Waals surface area contributed by atoms with Crippen LogP contribution < -0.4 is 5.73 Å². The third kappa shape index (κ3) is 2.19. The highest BCUT2D eigenvalue weighted by Crippen LogP contribution is 2.23. The number of nitrogens with two attached hydrogens (primary N) is 1. The van der Waals surface area contributed by atoms with Gasteiger partial charge >= 0.3 is 0 Å². The summed E-state index contributed by atoms with van der Waals surface area (Å²) in [6.45, 7) is 0. The van der Waals surface area contributed by atoms with Gasteiger partial charge in [-0.3, -0.25) is 4.79 Å². The lowest BCUT2D eigenvalue weighted by molar-refractivity contribution is 0.102. The number of Topliss-reactive ketones (excluding diaryl/α,β-unsaturated/α-hetero) is 1. The standard InChI is InChI=1S/C8H6BrClFNO/c9-3-7(13)4-1-5(10)8(12)6(11)2-4/h1-2H,3,12H2. The smallest absolute Gasteiger partial charge is 0.173 e. The number of halogens is 3. The molecule has 13 heavy (non-hydrogen) atoms. The number of anilines is 1. The summed E-state index contributed by atoms with van der Waals surface area (Å²) in [5, 5.41) is 0.191. The highest BCUT2D eigenvalue weighted by atomic mass is 79.9. The summed E-state index contributed by atoms with van der Waals surface area (Å²) < 4.78 is 13.0. The van der Waals surface area contributed by atoms with Crippen molar-refractivity contribution in [2.24, 2.45) is 0 Å². The molecule has 0 saturated carbocycles. The zero-order chi connectivity index (χ0) is 10.0. The Morgan fingerprint density at radius 3 is 2.69 bits per heavy atom. The van der Waals surface area contributed by atoms with Gasteiger partial charge in [-0.1, -0.05) is 27.5 Å². The molecule has 0 aliphatic rings. The van der Waals surface area contributed by atoms with Crippen molar-refractivity contribution in [1.29, 1.82) is 0 Å². The molecule has 70 valence electrons. The van der Waals surface area contributed by atoms with Crippen molar-refractivity contribution in [3.63, 3.8) is 0 Å². The average molecular weight is 266 g/mol. The molecule has 0 bridgehead atoms. The molecule has 0 aliphatic heterocycles. The molecule has 1 aromatic carbocycles. The van der Waals surface area contributed by atoms with Gasteiger partial charge in [0, 0.05) is 5.56 Å². The second-order valence-corrected chi connectivity index (χ2v) is 3.38. The summed E-state index contributed by atoms with van der Waals surface area (Å²) >= 11 is 8.56. The minimum atomic E-state index is -0.670. The fourth-order valence-electron chi connectivity index (χ4n) is 0.822. The van der Waals surface area contributed by atoms with Gasteiger partial charge in [-0.15, -0.1) is 0 Å². The van der Waals surface area contributed by atoms with Gasteiger partial charge in [-0.2, -0.15) is 0 Å². The first-order chi connectivity index (χ1) is 6.06. The van der Waals surface area contributed by atoms with E-state index in [2.05, 4.69) is 15.9 Å². The van der Waals surface area contributed by atoms with Gasteiger partial charge in [-0.05, 0) is 12.1 Å². The third-order valence-electron chi connectivity index (χ3n) is 1.52. The van der Waals surface area contributed by atoms with Crippen LogP contribution in [0.5, 0.6) is 0 Å². The summed E-state index contributed by atoms with van der Waals surface area (Å²) in [6.07, 6.45) is 0. The van der Waals surface area contributed by atoms with E-state index in [-0.39, 0.29) is 27.4 Å². The summed E-state index contributed by atoms with van der Waals surface area (Å²) in [5.41, 5.74) is 5.35. The topological polar surface area (TPSA) is 43.1 Å². The average Bonchev–Trinajstić information content (AvgIpc) is 2.12. The summed E-state index contributed by atoms with van der Waals surface area (Å²) in [7, 11) is 0. The Kier molecular flexibility index (Phi) is 3.27. The first kappa shape index (κ1) is 10.5. The van der Waals surface area contributed by atoms with Gasteiger partial charge in [0.05, 0.1) is 16.0 Å². The summed E-state index contributed by atoms with van der Waals surface area (Å²) in [6, 6.07) is 2.42. The van der Waals surface area contributed by atoms with Crippen LogP contribution in [0.15, 0.2) is 12.1 Å². The molecule has 5 heteroatoms. The zero-order valence-electron chi connectivity index (χ0n) is 6.48. The van der Waals surface area contributed by atoms with Crippen molar-refractivity contribution in [2.45, 2.75) is 0 Å². The molecule has 0 saturated heterocycles. The first-order valence-corrected chi connectivity index (χ1v) is 4.90. The number of nitrogen functional groups attached to an aromatic ring is 1. The van der Waals surface area contributed by atoms with Gasteiger partial charge in [0.25, 0.3) is 0 Å². The largest absolute Gasteiger partial charge is 0.395 e. The van der Waals surface area contributed by atoms with E-state index < -0.39 is 5.82 Å². The van der Waals surface area contributed by atoms with Crippen LogP contribution in [0.1, 0.15) is 10.4 Å². The highest BCUT2D eigenvalue weighted by molar-refractivity contribution is 9.09. The van der Waals surface area contributed by atoms with Gasteiger partial charge in [0.15, 0.2) is 5.78 Å². The third-order valence-corrected chi connectivity index (χ3v) is 2.34. The minimum Gasteiger partial charge on any atom is -0.395 e. The van der Waals surface area contributed by atoms with Crippen LogP contribution >= 0.6 is 27.5 Å². The van der Waals surface area contributed by atoms with Crippen molar-refractivity contribution < 1.29 is 9.18 Å². The molecule has 0 atom stereocenters. The van der Waals surface area contributed by atoms with Gasteiger partial charge < -0.3 is 5.73 Å². The molecule has 1 rings (SSSR count). The Labute approximate surface area is 88.0 Å². The van der Waals surface area contributed by atoms with E-state index in [1.807, 2.05) is 0 Å². The monoisotopic (exact) mass is 265 g/mol. The number of rotatable bonds is 2. The number of carbonyl (C=O) groups is 1. The van der Waals surface area contributed by atoms with E-state index in [9.17, 15) is 9.18 Å². The maximum Gasteiger partial charge on any atom is 0.173 e. The normalized spacial score (nSPS) is 10.1. The molecular formula is C8H6BrClFNO. The molecule has 2 nitrogen and oxygen atoms in total. The predicted molar refractivity (Wildman–Crippen MR) is 53.9 cm³/mol. The molecular weight excluding hydrogens is 260 g/mol. The molecule has 1 aromatic rings. The van der Waals surface area contributed by atoms with E-state index in [1.54, 1.807) is 0 Å². The lowest BCUT2D eigenvalue weighted by Crippen LogP contribution is -2.02. The maximum absolute atomic E-state index is 13.0. The molecule has 0 heterocycles. The number of carbonyl (C=O) groups excluding carboxylic acids is 1. The Balaban J connectivity index is 3.20. The van der Waals surface area contributed by atoms with Crippen LogP contribution in [0, 0.1) is 5.82 Å². The number of ketones is 1. The van der Waals surface area contributed by atoms with Crippen molar-refractivity contribution in [2.75, 3.05) is 11.1 Å². The van der Waals surface area contributed by atoms with Crippen molar-refractivity contribution in [1.82, 2.24) is 0 Å². The lowest BCUT2D eigenvalue weighted by Gasteiger charge is -2.02. The van der Waals surface area contributed by atoms with Crippen LogP contribution in [0.4, 0.5) is 10.1 Å². The van der Waals surface area contributed by atoms with Crippen molar-refractivity contribution in [3.05, 3.63) is 28.5 Å². The number of hydrogen-bond donors (Lipinski definition) is 1. The fraction of sp³-hybridized carbons (Fsp3) is 0.125. The van der Waals surface area contributed by atoms with E-state index in [4.69, 9.17) is 17.3 Å². The Bertz CT molecular complexity index is 333. The maximum atomic E-state index is 13.0. The van der Waals surface area contributed by atoms with Crippen molar-refractivity contribution in [3.8, 4) is 0 Å². The molecule has 0 aromatic heterocycles. The molecule has 0 aliphatic carbocycles. The van der Waals surface area contributed by atoms with Crippen LogP contribution in [0.25, 0.3) is 0 Å². The van der Waals surface area contributed by atoms with Crippen molar-refractivity contribution >= 4 is 39.0 Å². The number of alkyl halides is 1. The van der Waals surface area contributed by atoms with Crippen LogP contribution in [0.2, 0.25) is 5.02 Å². The van der Waals surface area contributed by atoms with Gasteiger partial charge in [0.1, 0.15) is 5.82 Å². The summed E-state index contributed by atoms with van der Waals surface area (Å²) in [5.74, 6) is -0.905. The molecule has 2 N–H and O–H groups in total. The first-order valence-electron chi connectivity index (χ1n) is 3.40. The van der Waals surface area contributed by atoms with E-state index in [0.717, 1.165) is 6.07 Å². The van der Waals surface area contributed by atoms with E-state index >= 15 is 0 Å². The second kappa shape index (κ2) is 4.07. The Morgan fingerprint density at radius 2 is 2.23 bits per heavy atom. The van der Waals surface area contributed by atoms with E-state index in [1.165, 1.54) is 6.07 Å². The highest BCUT2D eigenvalue weighted by Gasteiger charge is 2.10. The predicted octanol–water partition coefficient (Wildman–Crippen LogP) is 2.64. The SMILES string of the molecule is Nc1c(F)cc(C(=O)CBr)cc1Cl. The van der Waals surface area contributed by atoms with Gasteiger partial charge in [-0.25, -0.2) is 4.39 Å². The molecule has 0 radical (unpaired) electrons. The molecule has 0 amide bonds. The van der Waals surface area contributed by atoms with Crippen LogP contribution in [0.3, 0.4) is 0 Å². The zero-order valence-corrected chi connectivity index (χ0v) is 8.82. The van der Waals surface area contributed by atoms with Crippen LogP contribution in [-0.2, 0) is 0 Å². The quantitative estimate of drug-likeness (QED) is 0.508. The lowest BCUT2D eigenvalue weighted by atomic mass is 10.1. The molecule has 0 fully saturated rings. The fourth-order valence-corrected chi connectivity index (χ4v) is 1.35. The minimum absolute atomic E-state index is 0.0595. The molecule has 0 unspecified atom stereocenters. The number of benzene rings is 1. The second-order valence-electron chi connectivity index (χ2n) is 2.41. The summed E-state index contributed by atoms with van der Waals surface area (Å²) in [4.78, 5) is 11.1. The number of hydrogen-bond acceptors (Lipinski definition) is 2.